The van der Waals surface area contributed by atoms with E-state index in [-0.39, 0.29) is 24.3 Å². The number of benzene rings is 1. The van der Waals surface area contributed by atoms with Crippen LogP contribution in [0.3, 0.4) is 0 Å². The molecule has 150 valence electrons. The fraction of sp³-hybridized carbons (Fsp3) is 0.476. The Morgan fingerprint density at radius 1 is 1.21 bits per heavy atom. The number of esters is 2. The van der Waals surface area contributed by atoms with Gasteiger partial charge in [0.15, 0.2) is 12.2 Å². The number of hydrogen-bond acceptors (Lipinski definition) is 7. The van der Waals surface area contributed by atoms with Crippen molar-refractivity contribution in [2.24, 2.45) is 5.92 Å². The van der Waals surface area contributed by atoms with Crippen LogP contribution in [-0.2, 0) is 19.1 Å². The van der Waals surface area contributed by atoms with E-state index in [9.17, 15) is 14.4 Å². The lowest BCUT2D eigenvalue weighted by Gasteiger charge is -2.33. The van der Waals surface area contributed by atoms with Gasteiger partial charge in [-0.2, -0.15) is 0 Å². The molecule has 7 nitrogen and oxygen atoms in total. The van der Waals surface area contributed by atoms with Crippen LogP contribution in [0.5, 0.6) is 5.75 Å². The molecule has 0 bridgehead atoms. The Kier molecular flexibility index (Phi) is 5.19. The second-order valence-electron chi connectivity index (χ2n) is 7.66. The van der Waals surface area contributed by atoms with E-state index in [1.54, 1.807) is 52.8 Å². The van der Waals surface area contributed by atoms with Crippen molar-refractivity contribution in [2.75, 3.05) is 0 Å². The van der Waals surface area contributed by atoms with Crippen LogP contribution in [-0.4, -0.2) is 23.6 Å². The van der Waals surface area contributed by atoms with Crippen LogP contribution < -0.4 is 10.4 Å². The van der Waals surface area contributed by atoms with Crippen molar-refractivity contribution >= 4 is 22.9 Å². The lowest BCUT2D eigenvalue weighted by molar-refractivity contribution is -0.178. The Bertz CT molecular complexity index is 970. The Morgan fingerprint density at radius 3 is 2.57 bits per heavy atom. The number of fused-ring (bicyclic) bond motifs is 2. The summed E-state index contributed by atoms with van der Waals surface area (Å²) in [7, 11) is 0. The molecule has 0 saturated heterocycles. The van der Waals surface area contributed by atoms with Gasteiger partial charge in [0.25, 0.3) is 0 Å². The van der Waals surface area contributed by atoms with Gasteiger partial charge < -0.3 is 18.6 Å². The summed E-state index contributed by atoms with van der Waals surface area (Å²) in [5, 5.41) is 0.677. The number of ether oxygens (including phenoxy) is 3. The Morgan fingerprint density at radius 2 is 1.93 bits per heavy atom. The summed E-state index contributed by atoms with van der Waals surface area (Å²) in [5.41, 5.74) is -0.520. The molecule has 0 radical (unpaired) electrons. The largest absolute Gasteiger partial charge is 0.481 e. The van der Waals surface area contributed by atoms with Gasteiger partial charge in [0.1, 0.15) is 16.9 Å². The highest BCUT2D eigenvalue weighted by atomic mass is 16.6. The van der Waals surface area contributed by atoms with Crippen LogP contribution in [0.2, 0.25) is 0 Å². The summed E-state index contributed by atoms with van der Waals surface area (Å²) in [6.45, 7) is 8.62. The summed E-state index contributed by atoms with van der Waals surface area (Å²) in [6.07, 6.45) is -1.29. The molecule has 1 aromatic heterocycles. The maximum Gasteiger partial charge on any atom is 0.336 e. The van der Waals surface area contributed by atoms with Crippen LogP contribution >= 0.6 is 0 Å². The van der Waals surface area contributed by atoms with Crippen molar-refractivity contribution in [3.8, 4) is 5.75 Å². The standard InChI is InChI=1S/C21H24O7/c1-6-16(22)28-21(4,5)19-18(27-20(24)11(2)3)13-9-12-7-8-17(23)25-14(12)10-15(13)26-19/h7-11,18-19H,6H2,1-5H3/t18-,19-/m0/s1. The van der Waals surface area contributed by atoms with Crippen molar-refractivity contribution < 1.29 is 28.2 Å². The first-order valence-electron chi connectivity index (χ1n) is 9.29. The summed E-state index contributed by atoms with van der Waals surface area (Å²) < 4.78 is 22.6. The number of carbonyl (C=O) groups is 2. The predicted octanol–water partition coefficient (Wildman–Crippen LogP) is 3.53. The minimum absolute atomic E-state index is 0.217. The van der Waals surface area contributed by atoms with Gasteiger partial charge in [0.05, 0.1) is 5.92 Å². The number of carbonyl (C=O) groups excluding carboxylic acids is 2. The molecule has 7 heteroatoms. The Balaban J connectivity index is 2.06. The van der Waals surface area contributed by atoms with E-state index >= 15 is 0 Å². The van der Waals surface area contributed by atoms with Gasteiger partial charge in [-0.3, -0.25) is 9.59 Å². The molecule has 0 fully saturated rings. The minimum Gasteiger partial charge on any atom is -0.481 e. The van der Waals surface area contributed by atoms with E-state index in [1.807, 2.05) is 0 Å². The quantitative estimate of drug-likeness (QED) is 0.571. The van der Waals surface area contributed by atoms with Gasteiger partial charge in [-0.05, 0) is 26.0 Å². The van der Waals surface area contributed by atoms with Crippen LogP contribution in [0.15, 0.2) is 33.5 Å². The van der Waals surface area contributed by atoms with Crippen molar-refractivity contribution in [1.29, 1.82) is 0 Å². The second-order valence-corrected chi connectivity index (χ2v) is 7.66. The van der Waals surface area contributed by atoms with E-state index in [0.717, 1.165) is 0 Å². The van der Waals surface area contributed by atoms with Crippen molar-refractivity contribution in [1.82, 2.24) is 0 Å². The first kappa shape index (κ1) is 19.9. The third-order valence-corrected chi connectivity index (χ3v) is 4.65. The summed E-state index contributed by atoms with van der Waals surface area (Å²) in [4.78, 5) is 35.7. The molecule has 2 heterocycles. The van der Waals surface area contributed by atoms with Crippen LogP contribution in [0.25, 0.3) is 11.0 Å². The zero-order valence-electron chi connectivity index (χ0n) is 16.6. The minimum atomic E-state index is -1.05. The molecule has 3 rings (SSSR count). The average Bonchev–Trinajstić information content (AvgIpc) is 2.97. The highest BCUT2D eigenvalue weighted by molar-refractivity contribution is 5.80. The molecule has 0 amide bonds. The van der Waals surface area contributed by atoms with Crippen LogP contribution in [0, 0.1) is 5.92 Å². The molecule has 0 spiro atoms. The highest BCUT2D eigenvalue weighted by Gasteiger charge is 2.49. The van der Waals surface area contributed by atoms with Crippen LogP contribution in [0.1, 0.15) is 52.7 Å². The zero-order chi connectivity index (χ0) is 20.6. The van der Waals surface area contributed by atoms with Gasteiger partial charge in [0.2, 0.25) is 0 Å². The Labute approximate surface area is 162 Å². The Hall–Kier alpha value is -2.83. The van der Waals surface area contributed by atoms with Gasteiger partial charge in [-0.15, -0.1) is 0 Å². The molecular formula is C21H24O7. The fourth-order valence-corrected chi connectivity index (χ4v) is 3.12. The third-order valence-electron chi connectivity index (χ3n) is 4.65. The maximum absolute atomic E-state index is 12.3. The SMILES string of the molecule is CCC(=O)OC(C)(C)[C@H]1Oc2cc3oc(=O)ccc3cc2[C@@H]1OC(=O)C(C)C. The third kappa shape index (κ3) is 3.74. The van der Waals surface area contributed by atoms with Crippen molar-refractivity contribution in [3.63, 3.8) is 0 Å². The molecule has 2 atom stereocenters. The molecule has 2 aromatic rings. The molecule has 1 aliphatic heterocycles. The molecule has 0 N–H and O–H groups in total. The van der Waals surface area contributed by atoms with Gasteiger partial charge in [-0.1, -0.05) is 20.8 Å². The molecule has 1 aliphatic rings. The summed E-state index contributed by atoms with van der Waals surface area (Å²) in [6, 6.07) is 6.33. The van der Waals surface area contributed by atoms with E-state index in [2.05, 4.69) is 0 Å². The van der Waals surface area contributed by atoms with E-state index < -0.39 is 23.4 Å². The molecule has 0 unspecified atom stereocenters. The molecule has 0 saturated carbocycles. The smallest absolute Gasteiger partial charge is 0.336 e. The predicted molar refractivity (Wildman–Crippen MR) is 101 cm³/mol. The van der Waals surface area contributed by atoms with E-state index in [4.69, 9.17) is 18.6 Å². The maximum atomic E-state index is 12.3. The molecule has 28 heavy (non-hydrogen) atoms. The average molecular weight is 388 g/mol. The molecular weight excluding hydrogens is 364 g/mol. The zero-order valence-corrected chi connectivity index (χ0v) is 16.6. The topological polar surface area (TPSA) is 92.0 Å². The highest BCUT2D eigenvalue weighted by Crippen LogP contribution is 2.45. The summed E-state index contributed by atoms with van der Waals surface area (Å²) >= 11 is 0. The molecule has 0 aliphatic carbocycles. The number of hydrogen-bond donors (Lipinski definition) is 0. The van der Waals surface area contributed by atoms with Gasteiger partial charge in [0, 0.05) is 29.5 Å². The lowest BCUT2D eigenvalue weighted by atomic mass is 9.93. The first-order valence-corrected chi connectivity index (χ1v) is 9.29. The monoisotopic (exact) mass is 388 g/mol. The van der Waals surface area contributed by atoms with Gasteiger partial charge >= 0.3 is 17.6 Å². The second kappa shape index (κ2) is 7.30. The van der Waals surface area contributed by atoms with Crippen molar-refractivity contribution in [3.05, 3.63) is 40.2 Å². The van der Waals surface area contributed by atoms with E-state index in [0.29, 0.717) is 22.3 Å². The number of rotatable bonds is 5. The normalized spacial score (nSPS) is 18.6. The van der Waals surface area contributed by atoms with Crippen LogP contribution in [0.4, 0.5) is 0 Å². The van der Waals surface area contributed by atoms with Crippen molar-refractivity contribution in [2.45, 2.75) is 58.8 Å². The molecule has 1 aromatic carbocycles. The summed E-state index contributed by atoms with van der Waals surface area (Å²) in [5.74, 6) is -0.670. The van der Waals surface area contributed by atoms with Gasteiger partial charge in [-0.25, -0.2) is 4.79 Å². The fourth-order valence-electron chi connectivity index (χ4n) is 3.12. The first-order chi connectivity index (χ1) is 13.1. The lowest BCUT2D eigenvalue weighted by Crippen LogP contribution is -2.46. The van der Waals surface area contributed by atoms with E-state index in [1.165, 1.54) is 6.07 Å².